The van der Waals surface area contributed by atoms with Crippen molar-refractivity contribution in [3.63, 3.8) is 0 Å². The molecule has 3 rings (SSSR count). The predicted octanol–water partition coefficient (Wildman–Crippen LogP) is 1.86. The summed E-state index contributed by atoms with van der Waals surface area (Å²) in [4.78, 5) is 28.7. The molecule has 1 N–H and O–H groups in total. The van der Waals surface area contributed by atoms with Gasteiger partial charge in [0.1, 0.15) is 6.04 Å². The number of hydrogen-bond donors (Lipinski definition) is 1. The molecule has 1 aromatic heterocycles. The van der Waals surface area contributed by atoms with E-state index in [0.717, 1.165) is 22.5 Å². The Morgan fingerprint density at radius 2 is 2.00 bits per heavy atom. The molecule has 1 aromatic carbocycles. The molecular weight excluding hydrogens is 354 g/mol. The van der Waals surface area contributed by atoms with Gasteiger partial charge in [0, 0.05) is 13.0 Å². The minimum absolute atomic E-state index is 0.00910. The number of fused-ring (bicyclic) bond motifs is 1. The van der Waals surface area contributed by atoms with Gasteiger partial charge in [-0.2, -0.15) is 5.10 Å². The molecule has 0 aliphatic carbocycles. The van der Waals surface area contributed by atoms with Gasteiger partial charge in [-0.05, 0) is 38.2 Å². The van der Waals surface area contributed by atoms with Crippen molar-refractivity contribution in [3.05, 3.63) is 52.8 Å². The zero-order chi connectivity index (χ0) is 20.3. The van der Waals surface area contributed by atoms with E-state index in [1.807, 2.05) is 72.8 Å². The van der Waals surface area contributed by atoms with Crippen molar-refractivity contribution >= 4 is 11.8 Å². The van der Waals surface area contributed by atoms with E-state index in [2.05, 4.69) is 10.4 Å². The number of aryl methyl sites for hydroxylation is 1. The summed E-state index contributed by atoms with van der Waals surface area (Å²) in [5.74, 6) is 0.113. The molecule has 2 heterocycles. The van der Waals surface area contributed by atoms with Crippen LogP contribution in [-0.4, -0.2) is 52.0 Å². The number of benzene rings is 1. The molecule has 0 radical (unpaired) electrons. The van der Waals surface area contributed by atoms with Crippen LogP contribution >= 0.6 is 0 Å². The van der Waals surface area contributed by atoms with Crippen molar-refractivity contribution in [2.45, 2.75) is 45.9 Å². The van der Waals surface area contributed by atoms with Crippen LogP contribution in [-0.2, 0) is 29.2 Å². The van der Waals surface area contributed by atoms with Crippen LogP contribution < -0.4 is 5.32 Å². The third-order valence-corrected chi connectivity index (χ3v) is 5.18. The van der Waals surface area contributed by atoms with Gasteiger partial charge in [-0.15, -0.1) is 0 Å². The number of hydrogen-bond acceptors (Lipinski definition) is 4. The second-order valence-corrected chi connectivity index (χ2v) is 7.46. The first kappa shape index (κ1) is 20.1. The molecule has 1 aliphatic heterocycles. The highest BCUT2D eigenvalue weighted by Crippen LogP contribution is 2.26. The van der Waals surface area contributed by atoms with E-state index in [4.69, 9.17) is 0 Å². The summed E-state index contributed by atoms with van der Waals surface area (Å²) in [7, 11) is 3.88. The minimum atomic E-state index is -0.306. The Balaban J connectivity index is 1.75. The molecule has 0 fully saturated rings. The van der Waals surface area contributed by atoms with Crippen molar-refractivity contribution in [3.8, 4) is 0 Å². The molecule has 0 unspecified atom stereocenters. The SMILES string of the molecule is CCC(=O)NCc1cc2n(n1)CCN(C(=O)[C@H](c1ccccc1C)N(C)C)C2. The Bertz CT molecular complexity index is 858. The summed E-state index contributed by atoms with van der Waals surface area (Å²) in [5, 5.41) is 7.41. The molecule has 28 heavy (non-hydrogen) atoms. The average molecular weight is 383 g/mol. The lowest BCUT2D eigenvalue weighted by Gasteiger charge is -2.34. The highest BCUT2D eigenvalue weighted by molar-refractivity contribution is 5.83. The van der Waals surface area contributed by atoms with E-state index >= 15 is 0 Å². The third kappa shape index (κ3) is 4.25. The molecule has 0 spiro atoms. The molecule has 2 amide bonds. The molecular formula is C21H29N5O2. The number of carbonyl (C=O) groups excluding carboxylic acids is 2. The zero-order valence-corrected chi connectivity index (χ0v) is 17.1. The first-order valence-corrected chi connectivity index (χ1v) is 9.73. The quantitative estimate of drug-likeness (QED) is 0.827. The second-order valence-electron chi connectivity index (χ2n) is 7.46. The van der Waals surface area contributed by atoms with Crippen LogP contribution in [0.15, 0.2) is 30.3 Å². The number of nitrogens with zero attached hydrogens (tertiary/aromatic N) is 4. The van der Waals surface area contributed by atoms with Crippen molar-refractivity contribution in [1.29, 1.82) is 0 Å². The van der Waals surface area contributed by atoms with Gasteiger partial charge in [-0.25, -0.2) is 0 Å². The fraction of sp³-hybridized carbons (Fsp3) is 0.476. The predicted molar refractivity (Wildman–Crippen MR) is 107 cm³/mol. The highest BCUT2D eigenvalue weighted by atomic mass is 16.2. The number of aromatic nitrogens is 2. The minimum Gasteiger partial charge on any atom is -0.350 e. The summed E-state index contributed by atoms with van der Waals surface area (Å²) < 4.78 is 1.94. The highest BCUT2D eigenvalue weighted by Gasteiger charge is 2.31. The van der Waals surface area contributed by atoms with Crippen LogP contribution in [0.5, 0.6) is 0 Å². The van der Waals surface area contributed by atoms with Gasteiger partial charge in [0.05, 0.1) is 31.0 Å². The average Bonchev–Trinajstić information content (AvgIpc) is 3.09. The molecule has 0 bridgehead atoms. The van der Waals surface area contributed by atoms with Gasteiger partial charge in [-0.1, -0.05) is 31.2 Å². The van der Waals surface area contributed by atoms with E-state index in [-0.39, 0.29) is 17.9 Å². The first-order valence-electron chi connectivity index (χ1n) is 9.73. The fourth-order valence-corrected chi connectivity index (χ4v) is 3.61. The fourth-order valence-electron chi connectivity index (χ4n) is 3.61. The van der Waals surface area contributed by atoms with Gasteiger partial charge in [-0.3, -0.25) is 19.2 Å². The molecule has 7 heteroatoms. The van der Waals surface area contributed by atoms with Gasteiger partial charge in [0.25, 0.3) is 0 Å². The molecule has 7 nitrogen and oxygen atoms in total. The van der Waals surface area contributed by atoms with Crippen LogP contribution in [0, 0.1) is 6.92 Å². The smallest absolute Gasteiger partial charge is 0.244 e. The summed E-state index contributed by atoms with van der Waals surface area (Å²) in [5.41, 5.74) is 3.99. The van der Waals surface area contributed by atoms with E-state index in [0.29, 0.717) is 32.6 Å². The van der Waals surface area contributed by atoms with Crippen molar-refractivity contribution in [2.75, 3.05) is 20.6 Å². The van der Waals surface area contributed by atoms with E-state index in [1.54, 1.807) is 0 Å². The molecule has 1 atom stereocenters. The Morgan fingerprint density at radius 1 is 1.25 bits per heavy atom. The number of carbonyl (C=O) groups is 2. The molecule has 2 aromatic rings. The van der Waals surface area contributed by atoms with Crippen LogP contribution in [0.3, 0.4) is 0 Å². The largest absolute Gasteiger partial charge is 0.350 e. The van der Waals surface area contributed by atoms with Gasteiger partial charge in [0.2, 0.25) is 11.8 Å². The lowest BCUT2D eigenvalue weighted by atomic mass is 9.99. The van der Waals surface area contributed by atoms with Crippen LogP contribution in [0.1, 0.15) is 41.9 Å². The van der Waals surface area contributed by atoms with E-state index in [9.17, 15) is 9.59 Å². The monoisotopic (exact) mass is 383 g/mol. The lowest BCUT2D eigenvalue weighted by molar-refractivity contribution is -0.138. The van der Waals surface area contributed by atoms with Gasteiger partial charge < -0.3 is 10.2 Å². The molecule has 1 aliphatic rings. The number of rotatable bonds is 6. The number of amides is 2. The maximum Gasteiger partial charge on any atom is 0.244 e. The zero-order valence-electron chi connectivity index (χ0n) is 17.1. The number of nitrogens with one attached hydrogen (secondary N) is 1. The van der Waals surface area contributed by atoms with E-state index in [1.165, 1.54) is 0 Å². The maximum atomic E-state index is 13.4. The van der Waals surface area contributed by atoms with E-state index < -0.39 is 0 Å². The topological polar surface area (TPSA) is 70.5 Å². The van der Waals surface area contributed by atoms with Crippen molar-refractivity contribution in [1.82, 2.24) is 24.9 Å². The second kappa shape index (κ2) is 8.56. The summed E-state index contributed by atoms with van der Waals surface area (Å²) in [6.45, 7) is 6.11. The molecule has 0 saturated carbocycles. The first-order chi connectivity index (χ1) is 13.4. The Labute approximate surface area is 166 Å². The lowest BCUT2D eigenvalue weighted by Crippen LogP contribution is -2.44. The molecule has 0 saturated heterocycles. The van der Waals surface area contributed by atoms with Crippen LogP contribution in [0.25, 0.3) is 0 Å². The standard InChI is InChI=1S/C21H29N5O2/c1-5-19(27)22-13-16-12-17-14-25(10-11-26(17)23-16)21(28)20(24(3)4)18-9-7-6-8-15(18)2/h6-9,12,20H,5,10-11,13-14H2,1-4H3,(H,22,27)/t20-/m0/s1. The van der Waals surface area contributed by atoms with Crippen LogP contribution in [0.4, 0.5) is 0 Å². The summed E-state index contributed by atoms with van der Waals surface area (Å²) >= 11 is 0. The summed E-state index contributed by atoms with van der Waals surface area (Å²) in [6, 6.07) is 9.72. The Morgan fingerprint density at radius 3 is 2.68 bits per heavy atom. The van der Waals surface area contributed by atoms with Crippen LogP contribution in [0.2, 0.25) is 0 Å². The third-order valence-electron chi connectivity index (χ3n) is 5.18. The molecule has 150 valence electrons. The van der Waals surface area contributed by atoms with Gasteiger partial charge >= 0.3 is 0 Å². The summed E-state index contributed by atoms with van der Waals surface area (Å²) in [6.07, 6.45) is 0.459. The Kier molecular flexibility index (Phi) is 6.14. The normalized spacial score (nSPS) is 14.7. The van der Waals surface area contributed by atoms with Gasteiger partial charge in [0.15, 0.2) is 0 Å². The van der Waals surface area contributed by atoms with Crippen molar-refractivity contribution < 1.29 is 9.59 Å². The number of likely N-dealkylation sites (N-methyl/N-ethyl adjacent to an activating group) is 1. The van der Waals surface area contributed by atoms with Crippen molar-refractivity contribution in [2.24, 2.45) is 0 Å². The Hall–Kier alpha value is -2.67. The maximum absolute atomic E-state index is 13.4.